The molecule has 0 bridgehead atoms. The van der Waals surface area contributed by atoms with E-state index in [0.29, 0.717) is 24.2 Å². The lowest BCUT2D eigenvalue weighted by molar-refractivity contribution is -0.167. The fourth-order valence-electron chi connectivity index (χ4n) is 2.56. The Bertz CT molecular complexity index is 517. The molecule has 0 heterocycles. The molecule has 1 N–H and O–H groups in total. The number of Topliss-reactive ketones (excluding diaryl/α,β-unsaturated/α-hetero) is 1. The highest BCUT2D eigenvalue weighted by molar-refractivity contribution is 6.00. The van der Waals surface area contributed by atoms with Gasteiger partial charge in [-0.05, 0) is 37.8 Å². The first-order valence-electron chi connectivity index (χ1n) is 7.13. The molecule has 1 aliphatic carbocycles. The summed E-state index contributed by atoms with van der Waals surface area (Å²) >= 11 is 0. The van der Waals surface area contributed by atoms with Crippen molar-refractivity contribution in [3.05, 3.63) is 29.8 Å². The van der Waals surface area contributed by atoms with Gasteiger partial charge in [-0.2, -0.15) is 0 Å². The number of benzene rings is 1. The average molecular weight is 292 g/mol. The van der Waals surface area contributed by atoms with Gasteiger partial charge in [-0.3, -0.25) is 4.79 Å². The van der Waals surface area contributed by atoms with Crippen molar-refractivity contribution in [1.29, 1.82) is 0 Å². The van der Waals surface area contributed by atoms with Crippen LogP contribution in [0.5, 0.6) is 5.75 Å². The van der Waals surface area contributed by atoms with Crippen molar-refractivity contribution in [2.45, 2.75) is 37.7 Å². The van der Waals surface area contributed by atoms with Crippen LogP contribution in [0.15, 0.2) is 24.3 Å². The number of aliphatic hydroxyl groups is 1. The molecular formula is C16H20O5. The van der Waals surface area contributed by atoms with E-state index in [-0.39, 0.29) is 12.4 Å². The average Bonchev–Trinajstić information content (AvgIpc) is 2.52. The number of carbonyl (C=O) groups excluding carboxylic acids is 2. The molecule has 114 valence electrons. The molecule has 5 nitrogen and oxygen atoms in total. The van der Waals surface area contributed by atoms with Crippen molar-refractivity contribution in [3.8, 4) is 5.75 Å². The molecule has 2 rings (SSSR count). The standard InChI is InChI=1S/C16H20O5/c1-20-14-8-4-3-7-12(14)13(17)11-21-15(18)16(19)9-5-2-6-10-16/h3-4,7-8,19H,2,5-6,9-11H2,1H3. The predicted octanol–water partition coefficient (Wildman–Crippen LogP) is 2.12. The maximum atomic E-state index is 12.1. The van der Waals surface area contributed by atoms with Crippen molar-refractivity contribution in [2.75, 3.05) is 13.7 Å². The third kappa shape index (κ3) is 3.61. The van der Waals surface area contributed by atoms with Crippen molar-refractivity contribution < 1.29 is 24.2 Å². The predicted molar refractivity (Wildman–Crippen MR) is 76.3 cm³/mol. The SMILES string of the molecule is COc1ccccc1C(=O)COC(=O)C1(O)CCCCC1. The summed E-state index contributed by atoms with van der Waals surface area (Å²) < 4.78 is 10.1. The zero-order valence-corrected chi connectivity index (χ0v) is 12.1. The highest BCUT2D eigenvalue weighted by atomic mass is 16.6. The molecule has 5 heteroatoms. The Morgan fingerprint density at radius 3 is 2.52 bits per heavy atom. The second-order valence-electron chi connectivity index (χ2n) is 5.29. The summed E-state index contributed by atoms with van der Waals surface area (Å²) in [6, 6.07) is 6.76. The van der Waals surface area contributed by atoms with Gasteiger partial charge in [-0.25, -0.2) is 4.79 Å². The lowest BCUT2D eigenvalue weighted by Gasteiger charge is -2.29. The number of methoxy groups -OCH3 is 1. The third-order valence-corrected chi connectivity index (χ3v) is 3.80. The van der Waals surface area contributed by atoms with E-state index in [1.807, 2.05) is 0 Å². The molecule has 0 radical (unpaired) electrons. The first-order chi connectivity index (χ1) is 10.1. The van der Waals surface area contributed by atoms with Crippen LogP contribution in [0, 0.1) is 0 Å². The molecule has 1 aromatic rings. The molecule has 0 amide bonds. The molecule has 1 fully saturated rings. The van der Waals surface area contributed by atoms with Gasteiger partial charge in [0.15, 0.2) is 12.2 Å². The molecule has 0 atom stereocenters. The van der Waals surface area contributed by atoms with E-state index < -0.39 is 11.6 Å². The Hall–Kier alpha value is -1.88. The van der Waals surface area contributed by atoms with Gasteiger partial charge in [0.1, 0.15) is 5.75 Å². The molecule has 1 aliphatic rings. The number of para-hydroxylation sites is 1. The van der Waals surface area contributed by atoms with Crippen LogP contribution in [0.1, 0.15) is 42.5 Å². The normalized spacial score (nSPS) is 17.0. The van der Waals surface area contributed by atoms with Crippen molar-refractivity contribution in [1.82, 2.24) is 0 Å². The Balaban J connectivity index is 1.96. The number of esters is 1. The number of hydrogen-bond donors (Lipinski definition) is 1. The van der Waals surface area contributed by atoms with Crippen LogP contribution >= 0.6 is 0 Å². The van der Waals surface area contributed by atoms with E-state index in [9.17, 15) is 14.7 Å². The summed E-state index contributed by atoms with van der Waals surface area (Å²) in [4.78, 5) is 24.0. The van der Waals surface area contributed by atoms with Gasteiger partial charge < -0.3 is 14.6 Å². The zero-order chi connectivity index (χ0) is 15.3. The topological polar surface area (TPSA) is 72.8 Å². The van der Waals surface area contributed by atoms with Crippen LogP contribution < -0.4 is 4.74 Å². The lowest BCUT2D eigenvalue weighted by atomic mass is 9.85. The van der Waals surface area contributed by atoms with Crippen LogP contribution in [-0.4, -0.2) is 36.2 Å². The summed E-state index contributed by atoms with van der Waals surface area (Å²) in [6.07, 6.45) is 3.40. The molecule has 21 heavy (non-hydrogen) atoms. The second kappa shape index (κ2) is 6.72. The number of ether oxygens (including phenoxy) is 2. The van der Waals surface area contributed by atoms with Gasteiger partial charge >= 0.3 is 5.97 Å². The molecular weight excluding hydrogens is 272 g/mol. The lowest BCUT2D eigenvalue weighted by Crippen LogP contribution is -2.42. The van der Waals surface area contributed by atoms with Crippen molar-refractivity contribution >= 4 is 11.8 Å². The largest absolute Gasteiger partial charge is 0.496 e. The molecule has 1 aromatic carbocycles. The fourth-order valence-corrected chi connectivity index (χ4v) is 2.56. The van der Waals surface area contributed by atoms with Gasteiger partial charge in [-0.1, -0.05) is 18.6 Å². The zero-order valence-electron chi connectivity index (χ0n) is 12.1. The molecule has 0 saturated heterocycles. The van der Waals surface area contributed by atoms with E-state index in [1.54, 1.807) is 24.3 Å². The van der Waals surface area contributed by atoms with Crippen molar-refractivity contribution in [3.63, 3.8) is 0 Å². The third-order valence-electron chi connectivity index (χ3n) is 3.80. The molecule has 1 saturated carbocycles. The Kier molecular flexibility index (Phi) is 4.96. The van der Waals surface area contributed by atoms with Crippen LogP contribution in [0.25, 0.3) is 0 Å². The minimum Gasteiger partial charge on any atom is -0.496 e. The van der Waals surface area contributed by atoms with E-state index in [4.69, 9.17) is 9.47 Å². The molecule has 0 aliphatic heterocycles. The van der Waals surface area contributed by atoms with Gasteiger partial charge in [-0.15, -0.1) is 0 Å². The maximum Gasteiger partial charge on any atom is 0.338 e. The highest BCUT2D eigenvalue weighted by Gasteiger charge is 2.38. The number of rotatable bonds is 5. The van der Waals surface area contributed by atoms with E-state index in [2.05, 4.69) is 0 Å². The van der Waals surface area contributed by atoms with Gasteiger partial charge in [0.25, 0.3) is 0 Å². The van der Waals surface area contributed by atoms with Crippen LogP contribution in [0.2, 0.25) is 0 Å². The first kappa shape index (κ1) is 15.5. The maximum absolute atomic E-state index is 12.1. The number of ketones is 1. The Morgan fingerprint density at radius 2 is 1.86 bits per heavy atom. The quantitative estimate of drug-likeness (QED) is 0.664. The van der Waals surface area contributed by atoms with E-state index >= 15 is 0 Å². The second-order valence-corrected chi connectivity index (χ2v) is 5.29. The minimum atomic E-state index is -1.43. The minimum absolute atomic E-state index is 0.347. The summed E-state index contributed by atoms with van der Waals surface area (Å²) in [7, 11) is 1.48. The van der Waals surface area contributed by atoms with Crippen LogP contribution in [0.3, 0.4) is 0 Å². The monoisotopic (exact) mass is 292 g/mol. The van der Waals surface area contributed by atoms with Gasteiger partial charge in [0, 0.05) is 0 Å². The highest BCUT2D eigenvalue weighted by Crippen LogP contribution is 2.29. The number of carbonyl (C=O) groups is 2. The number of hydrogen-bond acceptors (Lipinski definition) is 5. The molecule has 0 aromatic heterocycles. The fraction of sp³-hybridized carbons (Fsp3) is 0.500. The Morgan fingerprint density at radius 1 is 1.19 bits per heavy atom. The summed E-state index contributed by atoms with van der Waals surface area (Å²) in [5.74, 6) is -0.611. The van der Waals surface area contributed by atoms with Gasteiger partial charge in [0.05, 0.1) is 12.7 Å². The smallest absolute Gasteiger partial charge is 0.338 e. The van der Waals surface area contributed by atoms with E-state index in [1.165, 1.54) is 7.11 Å². The summed E-state index contributed by atoms with van der Waals surface area (Å²) in [5, 5.41) is 10.2. The van der Waals surface area contributed by atoms with Crippen LogP contribution in [0.4, 0.5) is 0 Å². The van der Waals surface area contributed by atoms with Crippen molar-refractivity contribution in [2.24, 2.45) is 0 Å². The Labute approximate surface area is 123 Å². The molecule has 0 spiro atoms. The molecule has 0 unspecified atom stereocenters. The van der Waals surface area contributed by atoms with Gasteiger partial charge in [0.2, 0.25) is 5.78 Å². The van der Waals surface area contributed by atoms with Crippen LogP contribution in [-0.2, 0) is 9.53 Å². The summed E-state index contributed by atoms with van der Waals surface area (Å²) in [5.41, 5.74) is -1.07. The summed E-state index contributed by atoms with van der Waals surface area (Å²) in [6.45, 7) is -0.387. The first-order valence-corrected chi connectivity index (χ1v) is 7.13. The van der Waals surface area contributed by atoms with E-state index in [0.717, 1.165) is 19.3 Å².